The minimum absolute atomic E-state index is 0.711. The normalized spacial score (nSPS) is 23.5. The minimum Gasteiger partial charge on any atom is -0.354 e. The summed E-state index contributed by atoms with van der Waals surface area (Å²) in [7, 11) is 0. The zero-order valence-electron chi connectivity index (χ0n) is 12.8. The van der Waals surface area contributed by atoms with Gasteiger partial charge < -0.3 is 4.90 Å². The fraction of sp³-hybridized carbons (Fsp3) is 0.667. The maximum atomic E-state index is 4.59. The van der Waals surface area contributed by atoms with Crippen molar-refractivity contribution >= 4 is 16.9 Å². The monoisotopic (exact) mass is 273 g/mol. The number of aryl methyl sites for hydroxylation is 2. The molecule has 5 nitrogen and oxygen atoms in total. The van der Waals surface area contributed by atoms with E-state index in [0.29, 0.717) is 11.8 Å². The molecule has 0 spiro atoms. The second kappa shape index (κ2) is 5.04. The molecule has 0 aromatic carbocycles. The van der Waals surface area contributed by atoms with E-state index in [9.17, 15) is 0 Å². The predicted octanol–water partition coefficient (Wildman–Crippen LogP) is 2.64. The lowest BCUT2D eigenvalue weighted by molar-refractivity contribution is 0.355. The van der Waals surface area contributed by atoms with Gasteiger partial charge >= 0.3 is 0 Å². The topological polar surface area (TPSA) is 46.8 Å². The van der Waals surface area contributed by atoms with Crippen molar-refractivity contribution in [3.63, 3.8) is 0 Å². The van der Waals surface area contributed by atoms with Crippen molar-refractivity contribution in [2.75, 3.05) is 18.0 Å². The predicted molar refractivity (Wildman–Crippen MR) is 80.9 cm³/mol. The lowest BCUT2D eigenvalue weighted by atomic mass is 9.92. The first-order valence-corrected chi connectivity index (χ1v) is 7.53. The van der Waals surface area contributed by atoms with Crippen LogP contribution < -0.4 is 4.90 Å². The number of rotatable bonds is 2. The first-order valence-electron chi connectivity index (χ1n) is 7.53. The lowest BCUT2D eigenvalue weighted by Crippen LogP contribution is -2.39. The first-order chi connectivity index (χ1) is 9.60. The highest BCUT2D eigenvalue weighted by Gasteiger charge is 2.25. The van der Waals surface area contributed by atoms with Crippen molar-refractivity contribution in [3.8, 4) is 0 Å². The Morgan fingerprint density at radius 2 is 1.90 bits per heavy atom. The van der Waals surface area contributed by atoms with Gasteiger partial charge in [-0.1, -0.05) is 13.8 Å². The molecule has 2 unspecified atom stereocenters. The molecule has 2 aromatic rings. The highest BCUT2D eigenvalue weighted by Crippen LogP contribution is 2.30. The van der Waals surface area contributed by atoms with E-state index in [1.807, 2.05) is 11.6 Å². The molecule has 0 saturated carbocycles. The number of fused-ring (bicyclic) bond motifs is 1. The molecule has 3 rings (SSSR count). The van der Waals surface area contributed by atoms with Crippen LogP contribution >= 0.6 is 0 Å². The molecule has 1 saturated heterocycles. The van der Waals surface area contributed by atoms with Crippen LogP contribution in [0.3, 0.4) is 0 Å². The van der Waals surface area contributed by atoms with Crippen molar-refractivity contribution in [1.29, 1.82) is 0 Å². The average molecular weight is 273 g/mol. The molecule has 20 heavy (non-hydrogen) atoms. The number of nitrogens with zero attached hydrogens (tertiary/aromatic N) is 5. The van der Waals surface area contributed by atoms with Gasteiger partial charge in [0.2, 0.25) is 0 Å². The van der Waals surface area contributed by atoms with Crippen LogP contribution in [0.15, 0.2) is 6.33 Å². The molecular weight excluding hydrogens is 250 g/mol. The first kappa shape index (κ1) is 13.3. The number of anilines is 1. The molecule has 0 N–H and O–H groups in total. The molecule has 0 bridgehead atoms. The summed E-state index contributed by atoms with van der Waals surface area (Å²) in [6.07, 6.45) is 2.98. The Morgan fingerprint density at radius 1 is 1.20 bits per heavy atom. The molecule has 2 aromatic heterocycles. The molecule has 0 amide bonds. The molecule has 1 aliphatic heterocycles. The zero-order valence-corrected chi connectivity index (χ0v) is 12.8. The summed E-state index contributed by atoms with van der Waals surface area (Å²) in [5, 5.41) is 4.59. The van der Waals surface area contributed by atoms with E-state index < -0.39 is 0 Å². The molecule has 2 atom stereocenters. The van der Waals surface area contributed by atoms with Gasteiger partial charge in [-0.15, -0.1) is 0 Å². The molecule has 5 heteroatoms. The Hall–Kier alpha value is -1.65. The molecule has 0 aliphatic carbocycles. The third-order valence-electron chi connectivity index (χ3n) is 4.14. The maximum absolute atomic E-state index is 4.59. The highest BCUT2D eigenvalue weighted by atomic mass is 15.3. The Bertz CT molecular complexity index is 608. The van der Waals surface area contributed by atoms with Gasteiger partial charge in [-0.25, -0.2) is 9.97 Å². The van der Waals surface area contributed by atoms with Crippen molar-refractivity contribution in [2.45, 2.75) is 40.7 Å². The summed E-state index contributed by atoms with van der Waals surface area (Å²) in [5.74, 6) is 2.47. The zero-order chi connectivity index (χ0) is 14.3. The van der Waals surface area contributed by atoms with E-state index in [1.54, 1.807) is 6.33 Å². The van der Waals surface area contributed by atoms with E-state index in [1.165, 1.54) is 6.42 Å². The Morgan fingerprint density at radius 3 is 2.55 bits per heavy atom. The van der Waals surface area contributed by atoms with Gasteiger partial charge in [0.25, 0.3) is 0 Å². The van der Waals surface area contributed by atoms with Crippen molar-refractivity contribution in [1.82, 2.24) is 19.7 Å². The van der Waals surface area contributed by atoms with Crippen LogP contribution in [-0.4, -0.2) is 32.8 Å². The van der Waals surface area contributed by atoms with Gasteiger partial charge in [0.05, 0.1) is 5.69 Å². The molecule has 0 radical (unpaired) electrons. The van der Waals surface area contributed by atoms with Crippen molar-refractivity contribution < 1.29 is 0 Å². The fourth-order valence-corrected chi connectivity index (χ4v) is 3.45. The molecule has 1 aliphatic rings. The maximum Gasteiger partial charge on any atom is 0.158 e. The number of hydrogen-bond donors (Lipinski definition) is 0. The summed E-state index contributed by atoms with van der Waals surface area (Å²) in [4.78, 5) is 11.4. The van der Waals surface area contributed by atoms with Crippen LogP contribution in [0.5, 0.6) is 0 Å². The van der Waals surface area contributed by atoms with Crippen molar-refractivity contribution in [3.05, 3.63) is 12.0 Å². The summed E-state index contributed by atoms with van der Waals surface area (Å²) in [6.45, 7) is 11.8. The highest BCUT2D eigenvalue weighted by molar-refractivity contribution is 5.87. The summed E-state index contributed by atoms with van der Waals surface area (Å²) < 4.78 is 2.03. The number of aromatic nitrogens is 4. The smallest absolute Gasteiger partial charge is 0.158 e. The Balaban J connectivity index is 2.11. The van der Waals surface area contributed by atoms with Crippen LogP contribution in [-0.2, 0) is 6.54 Å². The van der Waals surface area contributed by atoms with Crippen LogP contribution in [0.25, 0.3) is 11.0 Å². The summed E-state index contributed by atoms with van der Waals surface area (Å²) >= 11 is 0. The van der Waals surface area contributed by atoms with Crippen LogP contribution in [0.2, 0.25) is 0 Å². The summed E-state index contributed by atoms with van der Waals surface area (Å²) in [5.41, 5.74) is 3.07. The van der Waals surface area contributed by atoms with Gasteiger partial charge in [0, 0.05) is 19.6 Å². The van der Waals surface area contributed by atoms with Gasteiger partial charge in [-0.05, 0) is 32.1 Å². The van der Waals surface area contributed by atoms with E-state index in [-0.39, 0.29) is 0 Å². The second-order valence-electron chi connectivity index (χ2n) is 6.15. The van der Waals surface area contributed by atoms with E-state index in [0.717, 1.165) is 42.2 Å². The average Bonchev–Trinajstić information content (AvgIpc) is 2.74. The van der Waals surface area contributed by atoms with Crippen LogP contribution in [0.4, 0.5) is 5.82 Å². The third kappa shape index (κ3) is 2.15. The van der Waals surface area contributed by atoms with Gasteiger partial charge in [-0.2, -0.15) is 5.10 Å². The minimum atomic E-state index is 0.711. The SMILES string of the molecule is CCn1nc(C)c2ncnc(N3CC(C)CC(C)C3)c21. The fourth-order valence-electron chi connectivity index (χ4n) is 3.45. The second-order valence-corrected chi connectivity index (χ2v) is 6.15. The quantitative estimate of drug-likeness (QED) is 0.844. The van der Waals surface area contributed by atoms with Crippen LogP contribution in [0.1, 0.15) is 32.9 Å². The van der Waals surface area contributed by atoms with E-state index in [2.05, 4.69) is 40.7 Å². The molecule has 108 valence electrons. The van der Waals surface area contributed by atoms with E-state index in [4.69, 9.17) is 0 Å². The van der Waals surface area contributed by atoms with E-state index >= 15 is 0 Å². The van der Waals surface area contributed by atoms with Crippen molar-refractivity contribution in [2.24, 2.45) is 11.8 Å². The molecule has 1 fully saturated rings. The lowest BCUT2D eigenvalue weighted by Gasteiger charge is -2.36. The molecular formula is C15H23N5. The van der Waals surface area contributed by atoms with Gasteiger partial charge in [0.1, 0.15) is 17.4 Å². The standard InChI is InChI=1S/C15H23N5/c1-5-20-14-13(12(4)18-20)16-9-17-15(14)19-7-10(2)6-11(3)8-19/h9-11H,5-8H2,1-4H3. The summed E-state index contributed by atoms with van der Waals surface area (Å²) in [6, 6.07) is 0. The Labute approximate surface area is 120 Å². The van der Waals surface area contributed by atoms with Gasteiger partial charge in [0.15, 0.2) is 5.82 Å². The number of piperidine rings is 1. The van der Waals surface area contributed by atoms with Gasteiger partial charge in [-0.3, -0.25) is 4.68 Å². The number of hydrogen-bond acceptors (Lipinski definition) is 4. The third-order valence-corrected chi connectivity index (χ3v) is 4.14. The molecule has 3 heterocycles. The Kier molecular flexibility index (Phi) is 3.36. The van der Waals surface area contributed by atoms with Crippen LogP contribution in [0, 0.1) is 18.8 Å². The largest absolute Gasteiger partial charge is 0.354 e.